The summed E-state index contributed by atoms with van der Waals surface area (Å²) < 4.78 is 0. The highest BCUT2D eigenvalue weighted by atomic mass is 14.6. The highest BCUT2D eigenvalue weighted by Gasteiger charge is 2.20. The zero-order valence-corrected chi connectivity index (χ0v) is 6.86. The first-order valence-electron chi connectivity index (χ1n) is 3.30. The molecule has 1 heteroatoms. The van der Waals surface area contributed by atoms with Crippen molar-refractivity contribution in [3.05, 3.63) is 12.3 Å². The molecule has 0 radical (unpaired) electrons. The van der Waals surface area contributed by atoms with E-state index in [4.69, 9.17) is 5.73 Å². The van der Waals surface area contributed by atoms with E-state index in [1.54, 1.807) is 0 Å². The fourth-order valence-electron chi connectivity index (χ4n) is 0.556. The summed E-state index contributed by atoms with van der Waals surface area (Å²) in [7, 11) is 0. The predicted molar refractivity (Wildman–Crippen MR) is 41.9 cm³/mol. The minimum absolute atomic E-state index is 0.256. The summed E-state index contributed by atoms with van der Waals surface area (Å²) in [6.45, 7) is 12.3. The van der Waals surface area contributed by atoms with Gasteiger partial charge in [0.25, 0.3) is 0 Å². The zero-order valence-electron chi connectivity index (χ0n) is 6.86. The van der Waals surface area contributed by atoms with Crippen molar-refractivity contribution in [1.82, 2.24) is 0 Å². The molecule has 0 fully saturated rings. The van der Waals surface area contributed by atoms with Crippen LogP contribution in [-0.2, 0) is 0 Å². The highest BCUT2D eigenvalue weighted by Crippen LogP contribution is 2.27. The van der Waals surface area contributed by atoms with Gasteiger partial charge in [-0.2, -0.15) is 0 Å². The fourth-order valence-corrected chi connectivity index (χ4v) is 0.556. The molecule has 0 rings (SSSR count). The van der Waals surface area contributed by atoms with Crippen molar-refractivity contribution in [2.45, 2.75) is 27.7 Å². The molecule has 1 nitrogen and oxygen atoms in total. The molecular formula is C8H17N. The summed E-state index contributed by atoms with van der Waals surface area (Å²) in [5, 5.41) is 0. The Hall–Kier alpha value is -0.460. The Kier molecular flexibility index (Phi) is 2.30. The van der Waals surface area contributed by atoms with Crippen LogP contribution in [0.1, 0.15) is 27.7 Å². The van der Waals surface area contributed by atoms with Crippen molar-refractivity contribution in [2.75, 3.05) is 0 Å². The maximum absolute atomic E-state index is 5.53. The van der Waals surface area contributed by atoms with Crippen LogP contribution in [0, 0.1) is 11.3 Å². The van der Waals surface area contributed by atoms with E-state index >= 15 is 0 Å². The lowest BCUT2D eigenvalue weighted by molar-refractivity contribution is 0.299. The summed E-state index contributed by atoms with van der Waals surface area (Å²) in [6, 6.07) is 0. The highest BCUT2D eigenvalue weighted by molar-refractivity contribution is 4.97. The molecular weight excluding hydrogens is 110 g/mol. The Balaban J connectivity index is 4.04. The predicted octanol–water partition coefficient (Wildman–Crippen LogP) is 2.14. The average molecular weight is 127 g/mol. The second kappa shape index (κ2) is 2.42. The maximum atomic E-state index is 5.53. The van der Waals surface area contributed by atoms with E-state index in [1.807, 2.05) is 0 Å². The van der Waals surface area contributed by atoms with E-state index in [2.05, 4.69) is 34.3 Å². The first-order valence-corrected chi connectivity index (χ1v) is 3.30. The topological polar surface area (TPSA) is 26.0 Å². The third-order valence-corrected chi connectivity index (χ3v) is 1.86. The Bertz CT molecular complexity index is 108. The van der Waals surface area contributed by atoms with Crippen LogP contribution in [0.2, 0.25) is 0 Å². The standard InChI is InChI=1S/C8H17N/c1-6(7(2)9)8(3,4)5/h6H,2,9H2,1,3-5H3/t6-/m1/s1. The van der Waals surface area contributed by atoms with Crippen molar-refractivity contribution in [2.24, 2.45) is 17.1 Å². The molecule has 1 atom stereocenters. The van der Waals surface area contributed by atoms with Gasteiger partial charge in [0, 0.05) is 5.70 Å². The van der Waals surface area contributed by atoms with Gasteiger partial charge in [-0.3, -0.25) is 0 Å². The third-order valence-electron chi connectivity index (χ3n) is 1.86. The summed E-state index contributed by atoms with van der Waals surface area (Å²) in [5.74, 6) is 0.400. The minimum Gasteiger partial charge on any atom is -0.402 e. The molecule has 0 unspecified atom stereocenters. The Morgan fingerprint density at radius 1 is 1.44 bits per heavy atom. The molecule has 2 N–H and O–H groups in total. The van der Waals surface area contributed by atoms with Gasteiger partial charge in [-0.25, -0.2) is 0 Å². The number of hydrogen-bond donors (Lipinski definition) is 1. The van der Waals surface area contributed by atoms with Crippen molar-refractivity contribution in [3.63, 3.8) is 0 Å². The van der Waals surface area contributed by atoms with Gasteiger partial charge in [0.2, 0.25) is 0 Å². The van der Waals surface area contributed by atoms with Crippen LogP contribution < -0.4 is 5.73 Å². The van der Waals surface area contributed by atoms with E-state index in [0.29, 0.717) is 5.92 Å². The van der Waals surface area contributed by atoms with Crippen molar-refractivity contribution < 1.29 is 0 Å². The Labute approximate surface area is 57.9 Å². The van der Waals surface area contributed by atoms with E-state index in [-0.39, 0.29) is 5.41 Å². The smallest absolute Gasteiger partial charge is 0.00415 e. The van der Waals surface area contributed by atoms with E-state index in [1.165, 1.54) is 0 Å². The normalized spacial score (nSPS) is 15.1. The van der Waals surface area contributed by atoms with E-state index < -0.39 is 0 Å². The van der Waals surface area contributed by atoms with Gasteiger partial charge < -0.3 is 5.73 Å². The van der Waals surface area contributed by atoms with Crippen molar-refractivity contribution in [1.29, 1.82) is 0 Å². The molecule has 0 aromatic rings. The monoisotopic (exact) mass is 127 g/mol. The lowest BCUT2D eigenvalue weighted by atomic mass is 9.81. The molecule has 0 bridgehead atoms. The quantitative estimate of drug-likeness (QED) is 0.573. The van der Waals surface area contributed by atoms with Gasteiger partial charge in [-0.15, -0.1) is 0 Å². The second-order valence-corrected chi connectivity index (χ2v) is 3.66. The molecule has 0 aliphatic carbocycles. The van der Waals surface area contributed by atoms with Crippen LogP contribution >= 0.6 is 0 Å². The van der Waals surface area contributed by atoms with Crippen LogP contribution in [0.4, 0.5) is 0 Å². The van der Waals surface area contributed by atoms with Gasteiger partial charge in [0.05, 0.1) is 0 Å². The zero-order chi connectivity index (χ0) is 7.65. The number of nitrogens with two attached hydrogens (primary N) is 1. The van der Waals surface area contributed by atoms with Gasteiger partial charge in [-0.05, 0) is 11.3 Å². The van der Waals surface area contributed by atoms with Gasteiger partial charge >= 0.3 is 0 Å². The molecule has 0 heterocycles. The van der Waals surface area contributed by atoms with Crippen LogP contribution in [0.25, 0.3) is 0 Å². The summed E-state index contributed by atoms with van der Waals surface area (Å²) in [4.78, 5) is 0. The van der Waals surface area contributed by atoms with Crippen LogP contribution in [0.15, 0.2) is 12.3 Å². The molecule has 0 aliphatic heterocycles. The van der Waals surface area contributed by atoms with Crippen LogP contribution in [-0.4, -0.2) is 0 Å². The third kappa shape index (κ3) is 2.54. The van der Waals surface area contributed by atoms with Crippen LogP contribution in [0.3, 0.4) is 0 Å². The van der Waals surface area contributed by atoms with Gasteiger partial charge in [0.1, 0.15) is 0 Å². The van der Waals surface area contributed by atoms with Crippen molar-refractivity contribution in [3.8, 4) is 0 Å². The largest absolute Gasteiger partial charge is 0.402 e. The van der Waals surface area contributed by atoms with Crippen molar-refractivity contribution >= 4 is 0 Å². The van der Waals surface area contributed by atoms with Gasteiger partial charge in [-0.1, -0.05) is 34.3 Å². The summed E-state index contributed by atoms with van der Waals surface area (Å²) in [6.07, 6.45) is 0. The lowest BCUT2D eigenvalue weighted by Gasteiger charge is -2.26. The molecule has 0 aromatic carbocycles. The second-order valence-electron chi connectivity index (χ2n) is 3.66. The average Bonchev–Trinajstić information content (AvgIpc) is 1.62. The molecule has 0 saturated carbocycles. The summed E-state index contributed by atoms with van der Waals surface area (Å²) in [5.41, 5.74) is 6.56. The Morgan fingerprint density at radius 3 is 1.78 bits per heavy atom. The SMILES string of the molecule is C=C(N)[C@@H](C)C(C)(C)C. The maximum Gasteiger partial charge on any atom is 0.00415 e. The first-order chi connectivity index (χ1) is 3.85. The molecule has 54 valence electrons. The minimum atomic E-state index is 0.256. The molecule has 0 saturated heterocycles. The van der Waals surface area contributed by atoms with E-state index in [9.17, 15) is 0 Å². The number of allylic oxidation sites excluding steroid dienone is 1. The van der Waals surface area contributed by atoms with E-state index in [0.717, 1.165) is 5.70 Å². The molecule has 0 aromatic heterocycles. The van der Waals surface area contributed by atoms with Gasteiger partial charge in [0.15, 0.2) is 0 Å². The fraction of sp³-hybridized carbons (Fsp3) is 0.750. The van der Waals surface area contributed by atoms with Crippen LogP contribution in [0.5, 0.6) is 0 Å². The Morgan fingerprint density at radius 2 is 1.78 bits per heavy atom. The summed E-state index contributed by atoms with van der Waals surface area (Å²) >= 11 is 0. The number of hydrogen-bond acceptors (Lipinski definition) is 1. The lowest BCUT2D eigenvalue weighted by Crippen LogP contribution is -2.22. The molecule has 0 amide bonds. The molecule has 0 aliphatic rings. The molecule has 0 spiro atoms. The first kappa shape index (κ1) is 8.54. The molecule has 9 heavy (non-hydrogen) atoms. The number of rotatable bonds is 1.